The number of anilines is 2. The predicted octanol–water partition coefficient (Wildman–Crippen LogP) is 1.10. The standard InChI is InChI=1S/C12H18N4O/c1-9(2)15(3)11-6-12(14-8-13-11)16-5-4-10(17)7-16/h6,8-9H,4-5,7H2,1-3H3. The Morgan fingerprint density at radius 3 is 2.76 bits per heavy atom. The van der Waals surface area contributed by atoms with Gasteiger partial charge in [0, 0.05) is 32.1 Å². The summed E-state index contributed by atoms with van der Waals surface area (Å²) in [6.07, 6.45) is 2.19. The van der Waals surface area contributed by atoms with Crippen molar-refractivity contribution in [2.75, 3.05) is 29.9 Å². The maximum absolute atomic E-state index is 11.3. The van der Waals surface area contributed by atoms with Crippen molar-refractivity contribution < 1.29 is 4.79 Å². The minimum Gasteiger partial charge on any atom is -0.357 e. The third-order valence-electron chi connectivity index (χ3n) is 3.13. The molecule has 1 aliphatic rings. The Morgan fingerprint density at radius 2 is 2.18 bits per heavy atom. The van der Waals surface area contributed by atoms with Crippen molar-refractivity contribution in [2.24, 2.45) is 0 Å². The van der Waals surface area contributed by atoms with E-state index in [0.29, 0.717) is 19.0 Å². The van der Waals surface area contributed by atoms with Gasteiger partial charge < -0.3 is 9.80 Å². The summed E-state index contributed by atoms with van der Waals surface area (Å²) in [7, 11) is 2.01. The second kappa shape index (κ2) is 4.69. The zero-order chi connectivity index (χ0) is 12.4. The molecule has 0 aromatic carbocycles. The number of aromatic nitrogens is 2. The normalized spacial score (nSPS) is 15.8. The van der Waals surface area contributed by atoms with Crippen LogP contribution in [-0.4, -0.2) is 41.9 Å². The van der Waals surface area contributed by atoms with Gasteiger partial charge in [0.1, 0.15) is 18.0 Å². The van der Waals surface area contributed by atoms with E-state index < -0.39 is 0 Å². The highest BCUT2D eigenvalue weighted by molar-refractivity contribution is 5.86. The highest BCUT2D eigenvalue weighted by Gasteiger charge is 2.21. The van der Waals surface area contributed by atoms with Crippen molar-refractivity contribution >= 4 is 17.4 Å². The van der Waals surface area contributed by atoms with Gasteiger partial charge in [0.2, 0.25) is 0 Å². The van der Waals surface area contributed by atoms with E-state index in [-0.39, 0.29) is 5.78 Å². The molecule has 0 spiro atoms. The van der Waals surface area contributed by atoms with Crippen LogP contribution >= 0.6 is 0 Å². The van der Waals surface area contributed by atoms with Crippen molar-refractivity contribution in [3.05, 3.63) is 12.4 Å². The van der Waals surface area contributed by atoms with Gasteiger partial charge in [-0.3, -0.25) is 4.79 Å². The number of carbonyl (C=O) groups excluding carboxylic acids is 1. The molecule has 17 heavy (non-hydrogen) atoms. The molecule has 5 heteroatoms. The average molecular weight is 234 g/mol. The summed E-state index contributed by atoms with van der Waals surface area (Å²) in [4.78, 5) is 23.8. The molecule has 1 aromatic rings. The monoisotopic (exact) mass is 234 g/mol. The average Bonchev–Trinajstić information content (AvgIpc) is 2.75. The van der Waals surface area contributed by atoms with Crippen molar-refractivity contribution in [1.82, 2.24) is 9.97 Å². The Balaban J connectivity index is 2.19. The van der Waals surface area contributed by atoms with Crippen LogP contribution in [0, 0.1) is 0 Å². The first-order chi connectivity index (χ1) is 8.08. The summed E-state index contributed by atoms with van der Waals surface area (Å²) in [5.41, 5.74) is 0. The van der Waals surface area contributed by atoms with E-state index in [0.717, 1.165) is 18.2 Å². The van der Waals surface area contributed by atoms with E-state index in [1.807, 2.05) is 18.0 Å². The molecule has 0 unspecified atom stereocenters. The lowest BCUT2D eigenvalue weighted by atomic mass is 10.3. The second-order valence-corrected chi connectivity index (χ2v) is 4.65. The first kappa shape index (κ1) is 11.8. The maximum Gasteiger partial charge on any atom is 0.153 e. The minimum atomic E-state index is 0.280. The van der Waals surface area contributed by atoms with Crippen LogP contribution < -0.4 is 9.80 Å². The van der Waals surface area contributed by atoms with E-state index >= 15 is 0 Å². The summed E-state index contributed by atoms with van der Waals surface area (Å²) < 4.78 is 0. The molecule has 1 aromatic heterocycles. The topological polar surface area (TPSA) is 49.3 Å². The van der Waals surface area contributed by atoms with Crippen molar-refractivity contribution in [2.45, 2.75) is 26.3 Å². The molecule has 1 saturated heterocycles. The van der Waals surface area contributed by atoms with Crippen molar-refractivity contribution in [1.29, 1.82) is 0 Å². The Morgan fingerprint density at radius 1 is 1.41 bits per heavy atom. The van der Waals surface area contributed by atoms with Gasteiger partial charge in [-0.2, -0.15) is 0 Å². The molecule has 0 radical (unpaired) electrons. The molecular formula is C12H18N4O. The van der Waals surface area contributed by atoms with Crippen LogP contribution in [0.25, 0.3) is 0 Å². The molecular weight excluding hydrogens is 216 g/mol. The van der Waals surface area contributed by atoms with Crippen LogP contribution in [0.5, 0.6) is 0 Å². The summed E-state index contributed by atoms with van der Waals surface area (Å²) >= 11 is 0. The van der Waals surface area contributed by atoms with Gasteiger partial charge in [-0.1, -0.05) is 0 Å². The van der Waals surface area contributed by atoms with Gasteiger partial charge in [0.15, 0.2) is 5.78 Å². The zero-order valence-corrected chi connectivity index (χ0v) is 10.6. The number of hydrogen-bond acceptors (Lipinski definition) is 5. The van der Waals surface area contributed by atoms with Crippen LogP contribution in [0.15, 0.2) is 12.4 Å². The molecule has 0 atom stereocenters. The number of rotatable bonds is 3. The lowest BCUT2D eigenvalue weighted by molar-refractivity contribution is -0.116. The highest BCUT2D eigenvalue weighted by Crippen LogP contribution is 2.20. The number of ketones is 1. The number of carbonyl (C=O) groups is 1. The summed E-state index contributed by atoms with van der Waals surface area (Å²) in [6, 6.07) is 2.33. The summed E-state index contributed by atoms with van der Waals surface area (Å²) in [5.74, 6) is 2.01. The summed E-state index contributed by atoms with van der Waals surface area (Å²) in [5, 5.41) is 0. The lowest BCUT2D eigenvalue weighted by Gasteiger charge is -2.24. The Kier molecular flexibility index (Phi) is 3.26. The fourth-order valence-corrected chi connectivity index (χ4v) is 1.79. The highest BCUT2D eigenvalue weighted by atomic mass is 16.1. The summed E-state index contributed by atoms with van der Waals surface area (Å²) in [6.45, 7) is 5.46. The number of hydrogen-bond donors (Lipinski definition) is 0. The Bertz CT molecular complexity index is 419. The lowest BCUT2D eigenvalue weighted by Crippen LogP contribution is -2.27. The Hall–Kier alpha value is -1.65. The quantitative estimate of drug-likeness (QED) is 0.784. The fraction of sp³-hybridized carbons (Fsp3) is 0.583. The third-order valence-corrected chi connectivity index (χ3v) is 3.13. The van der Waals surface area contributed by atoms with E-state index in [4.69, 9.17) is 0 Å². The minimum absolute atomic E-state index is 0.280. The number of Topliss-reactive ketones (excluding diaryl/α,β-unsaturated/α-hetero) is 1. The number of nitrogens with zero attached hydrogens (tertiary/aromatic N) is 4. The largest absolute Gasteiger partial charge is 0.357 e. The second-order valence-electron chi connectivity index (χ2n) is 4.65. The van der Waals surface area contributed by atoms with Crippen LogP contribution in [0.3, 0.4) is 0 Å². The van der Waals surface area contributed by atoms with Crippen LogP contribution in [-0.2, 0) is 4.79 Å². The van der Waals surface area contributed by atoms with Crippen molar-refractivity contribution in [3.8, 4) is 0 Å². The van der Waals surface area contributed by atoms with Gasteiger partial charge in [0.25, 0.3) is 0 Å². The van der Waals surface area contributed by atoms with E-state index in [9.17, 15) is 4.79 Å². The molecule has 0 saturated carbocycles. The molecule has 2 rings (SSSR count). The molecule has 1 fully saturated rings. The molecule has 0 N–H and O–H groups in total. The molecule has 5 nitrogen and oxygen atoms in total. The SMILES string of the molecule is CC(C)N(C)c1cc(N2CCC(=O)C2)ncn1. The first-order valence-electron chi connectivity index (χ1n) is 5.89. The maximum atomic E-state index is 11.3. The van der Waals surface area contributed by atoms with Gasteiger partial charge in [-0.25, -0.2) is 9.97 Å². The molecule has 1 aliphatic heterocycles. The fourth-order valence-electron chi connectivity index (χ4n) is 1.79. The van der Waals surface area contributed by atoms with Gasteiger partial charge in [0.05, 0.1) is 6.54 Å². The van der Waals surface area contributed by atoms with Gasteiger partial charge in [-0.05, 0) is 13.8 Å². The van der Waals surface area contributed by atoms with Crippen LogP contribution in [0.4, 0.5) is 11.6 Å². The molecule has 2 heterocycles. The molecule has 0 aliphatic carbocycles. The zero-order valence-electron chi connectivity index (χ0n) is 10.6. The molecule has 92 valence electrons. The third kappa shape index (κ3) is 2.54. The van der Waals surface area contributed by atoms with E-state index in [1.165, 1.54) is 0 Å². The van der Waals surface area contributed by atoms with E-state index in [1.54, 1.807) is 6.33 Å². The Labute approximate surface area is 101 Å². The van der Waals surface area contributed by atoms with Crippen LogP contribution in [0.2, 0.25) is 0 Å². The van der Waals surface area contributed by atoms with E-state index in [2.05, 4.69) is 28.7 Å². The smallest absolute Gasteiger partial charge is 0.153 e. The van der Waals surface area contributed by atoms with Crippen molar-refractivity contribution in [3.63, 3.8) is 0 Å². The van der Waals surface area contributed by atoms with Crippen LogP contribution in [0.1, 0.15) is 20.3 Å². The molecule has 0 amide bonds. The predicted molar refractivity (Wildman–Crippen MR) is 67.4 cm³/mol. The van der Waals surface area contributed by atoms with Gasteiger partial charge >= 0.3 is 0 Å². The first-order valence-corrected chi connectivity index (χ1v) is 5.89. The molecule has 0 bridgehead atoms. The van der Waals surface area contributed by atoms with Gasteiger partial charge in [-0.15, -0.1) is 0 Å².